The molecule has 1 fully saturated rings. The van der Waals surface area contributed by atoms with Crippen LogP contribution in [0.3, 0.4) is 0 Å². The van der Waals surface area contributed by atoms with Gasteiger partial charge in [-0.15, -0.1) is 0 Å². The highest BCUT2D eigenvalue weighted by atomic mass is 16.5. The normalized spacial score (nSPS) is 16.3. The van der Waals surface area contributed by atoms with Crippen LogP contribution < -0.4 is 0 Å². The van der Waals surface area contributed by atoms with Gasteiger partial charge in [-0.05, 0) is 26.9 Å². The Hall–Kier alpha value is -1.53. The van der Waals surface area contributed by atoms with E-state index in [0.29, 0.717) is 5.56 Å². The number of rotatable bonds is 6. The Morgan fingerprint density at radius 3 is 2.43 bits per heavy atom. The van der Waals surface area contributed by atoms with Gasteiger partial charge in [-0.3, -0.25) is 4.79 Å². The molecule has 0 bridgehead atoms. The predicted octanol–water partition coefficient (Wildman–Crippen LogP) is 1.78. The van der Waals surface area contributed by atoms with Crippen molar-refractivity contribution in [3.05, 3.63) is 23.8 Å². The van der Waals surface area contributed by atoms with Crippen molar-refractivity contribution in [3.8, 4) is 0 Å². The summed E-state index contributed by atoms with van der Waals surface area (Å²) in [4.78, 5) is 25.0. The molecule has 0 spiro atoms. The molecule has 1 aromatic heterocycles. The summed E-state index contributed by atoms with van der Waals surface area (Å²) >= 11 is 0. The van der Waals surface area contributed by atoms with Gasteiger partial charge in [-0.1, -0.05) is 13.8 Å². The summed E-state index contributed by atoms with van der Waals surface area (Å²) in [5.41, 5.74) is 0.571. The van der Waals surface area contributed by atoms with Gasteiger partial charge in [0.2, 0.25) is 0 Å². The van der Waals surface area contributed by atoms with Gasteiger partial charge in [-0.25, -0.2) is 9.97 Å². The van der Waals surface area contributed by atoms with E-state index in [1.807, 2.05) is 32.8 Å². The zero-order chi connectivity index (χ0) is 16.8. The Balaban J connectivity index is 1.81. The summed E-state index contributed by atoms with van der Waals surface area (Å²) in [6, 6.07) is 0. The van der Waals surface area contributed by atoms with Crippen LogP contribution in [0.4, 0.5) is 0 Å². The van der Waals surface area contributed by atoms with Gasteiger partial charge in [0.15, 0.2) is 0 Å². The van der Waals surface area contributed by atoms with Crippen molar-refractivity contribution >= 4 is 5.91 Å². The van der Waals surface area contributed by atoms with E-state index in [1.54, 1.807) is 12.4 Å². The molecule has 6 heteroatoms. The third kappa shape index (κ3) is 5.25. The van der Waals surface area contributed by atoms with Gasteiger partial charge < -0.3 is 14.5 Å². The van der Waals surface area contributed by atoms with Crippen LogP contribution in [0.1, 0.15) is 48.8 Å². The molecule has 1 aromatic rings. The molecule has 0 aromatic carbocycles. The zero-order valence-corrected chi connectivity index (χ0v) is 14.7. The minimum atomic E-state index is 0.0204. The Bertz CT molecular complexity index is 494. The third-order valence-corrected chi connectivity index (χ3v) is 4.06. The Kier molecular flexibility index (Phi) is 6.47. The fourth-order valence-electron chi connectivity index (χ4n) is 2.56. The second-order valence-electron chi connectivity index (χ2n) is 6.65. The van der Waals surface area contributed by atoms with Gasteiger partial charge in [0.1, 0.15) is 5.82 Å². The van der Waals surface area contributed by atoms with Gasteiger partial charge in [0.25, 0.3) is 5.91 Å². The summed E-state index contributed by atoms with van der Waals surface area (Å²) in [5.74, 6) is 1.07. The fourth-order valence-corrected chi connectivity index (χ4v) is 2.56. The predicted molar refractivity (Wildman–Crippen MR) is 89.6 cm³/mol. The highest BCUT2D eigenvalue weighted by Gasteiger charge is 2.24. The molecular formula is C17H28N4O2. The van der Waals surface area contributed by atoms with Gasteiger partial charge in [0.05, 0.1) is 18.3 Å². The third-order valence-electron chi connectivity index (χ3n) is 4.06. The number of carbonyl (C=O) groups is 1. The Labute approximate surface area is 138 Å². The van der Waals surface area contributed by atoms with Crippen molar-refractivity contribution in [2.45, 2.75) is 38.7 Å². The quantitative estimate of drug-likeness (QED) is 0.800. The van der Waals surface area contributed by atoms with Crippen molar-refractivity contribution in [1.82, 2.24) is 19.8 Å². The topological polar surface area (TPSA) is 58.6 Å². The van der Waals surface area contributed by atoms with E-state index in [-0.39, 0.29) is 17.9 Å². The molecule has 1 saturated heterocycles. The van der Waals surface area contributed by atoms with Crippen molar-refractivity contribution in [3.63, 3.8) is 0 Å². The zero-order valence-electron chi connectivity index (χ0n) is 14.7. The van der Waals surface area contributed by atoms with E-state index < -0.39 is 0 Å². The number of likely N-dealkylation sites (tertiary alicyclic amines) is 1. The maximum atomic E-state index is 12.5. The number of piperidine rings is 1. The lowest BCUT2D eigenvalue weighted by atomic mass is 10.1. The first-order chi connectivity index (χ1) is 11.0. The smallest absolute Gasteiger partial charge is 0.256 e. The summed E-state index contributed by atoms with van der Waals surface area (Å²) in [5, 5.41) is 0. The number of amides is 1. The van der Waals surface area contributed by atoms with E-state index >= 15 is 0 Å². The molecule has 0 atom stereocenters. The first-order valence-electron chi connectivity index (χ1n) is 8.35. The number of likely N-dealkylation sites (N-methyl/N-ethyl adjacent to an activating group) is 1. The molecule has 6 nitrogen and oxygen atoms in total. The van der Waals surface area contributed by atoms with E-state index in [1.165, 1.54) is 0 Å². The van der Waals surface area contributed by atoms with Crippen LogP contribution in [-0.2, 0) is 4.74 Å². The number of aromatic nitrogens is 2. The summed E-state index contributed by atoms with van der Waals surface area (Å²) in [7, 11) is 4.08. The molecule has 2 heterocycles. The molecule has 1 aliphatic heterocycles. The van der Waals surface area contributed by atoms with Gasteiger partial charge >= 0.3 is 0 Å². The van der Waals surface area contributed by atoms with Crippen LogP contribution in [0, 0.1) is 0 Å². The average Bonchev–Trinajstić information content (AvgIpc) is 2.54. The highest BCUT2D eigenvalue weighted by Crippen LogP contribution is 2.16. The van der Waals surface area contributed by atoms with Crippen molar-refractivity contribution in [2.75, 3.05) is 40.3 Å². The van der Waals surface area contributed by atoms with E-state index in [2.05, 4.69) is 14.9 Å². The second-order valence-corrected chi connectivity index (χ2v) is 6.65. The largest absolute Gasteiger partial charge is 0.377 e. The Morgan fingerprint density at radius 1 is 1.30 bits per heavy atom. The number of hydrogen-bond acceptors (Lipinski definition) is 5. The van der Waals surface area contributed by atoms with Crippen LogP contribution in [0.2, 0.25) is 0 Å². The van der Waals surface area contributed by atoms with E-state index in [4.69, 9.17) is 4.74 Å². The lowest BCUT2D eigenvalue weighted by Crippen LogP contribution is -2.41. The number of nitrogens with zero attached hydrogens (tertiary/aromatic N) is 4. The molecule has 128 valence electrons. The van der Waals surface area contributed by atoms with Crippen molar-refractivity contribution < 1.29 is 9.53 Å². The monoisotopic (exact) mass is 320 g/mol. The SMILES string of the molecule is CC(C)c1ncc(C(=O)N2CCC(OCCN(C)C)CC2)cn1. The second kappa shape index (κ2) is 8.36. The van der Waals surface area contributed by atoms with E-state index in [9.17, 15) is 4.79 Å². The number of carbonyl (C=O) groups excluding carboxylic acids is 1. The molecule has 2 rings (SSSR count). The molecule has 1 amide bonds. The Morgan fingerprint density at radius 2 is 1.91 bits per heavy atom. The molecular weight excluding hydrogens is 292 g/mol. The molecule has 0 radical (unpaired) electrons. The van der Waals surface area contributed by atoms with Crippen LogP contribution in [-0.4, -0.2) is 72.1 Å². The molecule has 1 aliphatic rings. The molecule has 23 heavy (non-hydrogen) atoms. The fraction of sp³-hybridized carbons (Fsp3) is 0.706. The van der Waals surface area contributed by atoms with Gasteiger partial charge in [-0.2, -0.15) is 0 Å². The average molecular weight is 320 g/mol. The minimum absolute atomic E-state index is 0.0204. The van der Waals surface area contributed by atoms with Crippen LogP contribution in [0.25, 0.3) is 0 Å². The first kappa shape index (κ1) is 17.8. The van der Waals surface area contributed by atoms with Crippen LogP contribution >= 0.6 is 0 Å². The maximum Gasteiger partial charge on any atom is 0.256 e. The maximum absolute atomic E-state index is 12.5. The number of ether oxygens (including phenoxy) is 1. The lowest BCUT2D eigenvalue weighted by molar-refractivity contribution is 0.00391. The number of hydrogen-bond donors (Lipinski definition) is 0. The van der Waals surface area contributed by atoms with E-state index in [0.717, 1.165) is 44.9 Å². The standard InChI is InChI=1S/C17H28N4O2/c1-13(2)16-18-11-14(12-19-16)17(22)21-7-5-15(6-8-21)23-10-9-20(3)4/h11-13,15H,5-10H2,1-4H3. The molecule has 0 N–H and O–H groups in total. The van der Waals surface area contributed by atoms with Crippen LogP contribution in [0.5, 0.6) is 0 Å². The van der Waals surface area contributed by atoms with Crippen molar-refractivity contribution in [1.29, 1.82) is 0 Å². The molecule has 0 aliphatic carbocycles. The van der Waals surface area contributed by atoms with Crippen LogP contribution in [0.15, 0.2) is 12.4 Å². The minimum Gasteiger partial charge on any atom is -0.377 e. The summed E-state index contributed by atoms with van der Waals surface area (Å²) < 4.78 is 5.87. The summed E-state index contributed by atoms with van der Waals surface area (Å²) in [6.45, 7) is 7.22. The first-order valence-corrected chi connectivity index (χ1v) is 8.35. The molecule has 0 saturated carbocycles. The highest BCUT2D eigenvalue weighted by molar-refractivity contribution is 5.93. The van der Waals surface area contributed by atoms with Gasteiger partial charge in [0, 0.05) is 37.9 Å². The van der Waals surface area contributed by atoms with Crippen molar-refractivity contribution in [2.24, 2.45) is 0 Å². The lowest BCUT2D eigenvalue weighted by Gasteiger charge is -2.32. The summed E-state index contributed by atoms with van der Waals surface area (Å²) in [6.07, 6.45) is 5.33. The molecule has 0 unspecified atom stereocenters.